The van der Waals surface area contributed by atoms with E-state index in [1.165, 1.54) is 19.3 Å². The Kier molecular flexibility index (Phi) is 6.18. The van der Waals surface area contributed by atoms with Crippen LogP contribution in [0.5, 0.6) is 0 Å². The van der Waals surface area contributed by atoms with Crippen LogP contribution in [0.15, 0.2) is 18.2 Å². The molecule has 0 aliphatic heterocycles. The minimum Gasteiger partial charge on any atom is -0.324 e. The van der Waals surface area contributed by atoms with Crippen molar-refractivity contribution < 1.29 is 0 Å². The third-order valence-electron chi connectivity index (χ3n) is 2.74. The molecule has 0 bridgehead atoms. The number of halogens is 2. The summed E-state index contributed by atoms with van der Waals surface area (Å²) in [5.74, 6) is 0. The Hall–Kier alpha value is -0.240. The van der Waals surface area contributed by atoms with E-state index < -0.39 is 0 Å². The Bertz CT molecular complexity index is 305. The van der Waals surface area contributed by atoms with Crippen LogP contribution >= 0.6 is 23.2 Å². The Labute approximate surface area is 108 Å². The van der Waals surface area contributed by atoms with Gasteiger partial charge in [0.05, 0.1) is 0 Å². The molecular weight excluding hydrogens is 241 g/mol. The van der Waals surface area contributed by atoms with Gasteiger partial charge in [-0.05, 0) is 18.6 Å². The van der Waals surface area contributed by atoms with Crippen molar-refractivity contribution in [3.05, 3.63) is 33.8 Å². The highest BCUT2D eigenvalue weighted by Crippen LogP contribution is 2.31. The van der Waals surface area contributed by atoms with Crippen LogP contribution in [0.25, 0.3) is 0 Å². The molecule has 0 aliphatic rings. The summed E-state index contributed by atoms with van der Waals surface area (Å²) in [7, 11) is 0. The zero-order valence-corrected chi connectivity index (χ0v) is 11.2. The maximum Gasteiger partial charge on any atom is 0.0468 e. The predicted molar refractivity (Wildman–Crippen MR) is 72.1 cm³/mol. The Morgan fingerprint density at radius 1 is 1.12 bits per heavy atom. The predicted octanol–water partition coefficient (Wildman–Crippen LogP) is 4.96. The minimum absolute atomic E-state index is 0.0435. The molecule has 1 nitrogen and oxygen atoms in total. The molecule has 1 atom stereocenters. The summed E-state index contributed by atoms with van der Waals surface area (Å²) in [5, 5.41) is 1.35. The van der Waals surface area contributed by atoms with Crippen molar-refractivity contribution >= 4 is 23.2 Å². The third-order valence-corrected chi connectivity index (χ3v) is 3.40. The van der Waals surface area contributed by atoms with Crippen LogP contribution in [0.4, 0.5) is 0 Å². The molecule has 0 radical (unpaired) electrons. The lowest BCUT2D eigenvalue weighted by Gasteiger charge is -2.15. The molecule has 90 valence electrons. The molecular formula is C13H19Cl2N. The van der Waals surface area contributed by atoms with E-state index in [0.717, 1.165) is 18.4 Å². The second kappa shape index (κ2) is 7.16. The normalized spacial score (nSPS) is 12.8. The van der Waals surface area contributed by atoms with E-state index in [-0.39, 0.29) is 6.04 Å². The summed E-state index contributed by atoms with van der Waals surface area (Å²) in [6.07, 6.45) is 5.82. The van der Waals surface area contributed by atoms with Gasteiger partial charge in [-0.3, -0.25) is 0 Å². The maximum atomic E-state index is 6.11. The lowest BCUT2D eigenvalue weighted by molar-refractivity contribution is 0.566. The van der Waals surface area contributed by atoms with Gasteiger partial charge >= 0.3 is 0 Å². The van der Waals surface area contributed by atoms with E-state index in [4.69, 9.17) is 28.9 Å². The van der Waals surface area contributed by atoms with Gasteiger partial charge in [-0.1, -0.05) is 61.9 Å². The summed E-state index contributed by atoms with van der Waals surface area (Å²) in [6.45, 7) is 2.20. The highest BCUT2D eigenvalue weighted by molar-refractivity contribution is 6.36. The SMILES string of the molecule is CCCCCCC(N)c1c(Cl)cccc1Cl. The summed E-state index contributed by atoms with van der Waals surface area (Å²) >= 11 is 12.2. The van der Waals surface area contributed by atoms with Crippen molar-refractivity contribution in [2.24, 2.45) is 5.73 Å². The molecule has 3 heteroatoms. The molecule has 1 aromatic rings. The lowest BCUT2D eigenvalue weighted by atomic mass is 10.0. The van der Waals surface area contributed by atoms with Gasteiger partial charge in [-0.25, -0.2) is 0 Å². The molecule has 0 amide bonds. The second-order valence-electron chi connectivity index (χ2n) is 4.09. The summed E-state index contributed by atoms with van der Waals surface area (Å²) < 4.78 is 0. The van der Waals surface area contributed by atoms with Crippen LogP contribution in [-0.4, -0.2) is 0 Å². The second-order valence-corrected chi connectivity index (χ2v) is 4.91. The average molecular weight is 260 g/mol. The number of hydrogen-bond acceptors (Lipinski definition) is 1. The Balaban J connectivity index is 2.55. The molecule has 0 saturated carbocycles. The van der Waals surface area contributed by atoms with Gasteiger partial charge in [-0.2, -0.15) is 0 Å². The molecule has 0 fully saturated rings. The topological polar surface area (TPSA) is 26.0 Å². The molecule has 2 N–H and O–H groups in total. The zero-order valence-electron chi connectivity index (χ0n) is 9.68. The number of benzene rings is 1. The molecule has 1 aromatic carbocycles. The monoisotopic (exact) mass is 259 g/mol. The van der Waals surface area contributed by atoms with Crippen molar-refractivity contribution in [2.45, 2.75) is 45.1 Å². The van der Waals surface area contributed by atoms with Crippen LogP contribution in [-0.2, 0) is 0 Å². The van der Waals surface area contributed by atoms with Crippen LogP contribution in [0.3, 0.4) is 0 Å². The standard InChI is InChI=1S/C13H19Cl2N/c1-2-3-4-5-9-12(16)13-10(14)7-6-8-11(13)15/h6-8,12H,2-5,9,16H2,1H3. The molecule has 0 saturated heterocycles. The number of hydrogen-bond donors (Lipinski definition) is 1. The number of nitrogens with two attached hydrogens (primary N) is 1. The van der Waals surface area contributed by atoms with Gasteiger partial charge in [0, 0.05) is 21.7 Å². The van der Waals surface area contributed by atoms with Crippen LogP contribution in [0, 0.1) is 0 Å². The minimum atomic E-state index is -0.0435. The Morgan fingerprint density at radius 2 is 1.75 bits per heavy atom. The average Bonchev–Trinajstić information content (AvgIpc) is 2.24. The first kappa shape index (κ1) is 13.8. The fourth-order valence-corrected chi connectivity index (χ4v) is 2.48. The quantitative estimate of drug-likeness (QED) is 0.718. The summed E-state index contributed by atoms with van der Waals surface area (Å²) in [5.41, 5.74) is 7.00. The van der Waals surface area contributed by atoms with E-state index in [2.05, 4.69) is 6.92 Å². The molecule has 0 aromatic heterocycles. The van der Waals surface area contributed by atoms with Gasteiger partial charge in [0.1, 0.15) is 0 Å². The largest absolute Gasteiger partial charge is 0.324 e. The first-order chi connectivity index (χ1) is 7.66. The first-order valence-electron chi connectivity index (χ1n) is 5.86. The Morgan fingerprint density at radius 3 is 2.31 bits per heavy atom. The zero-order chi connectivity index (χ0) is 12.0. The third kappa shape index (κ3) is 3.97. The van der Waals surface area contributed by atoms with Gasteiger partial charge in [0.25, 0.3) is 0 Å². The highest BCUT2D eigenvalue weighted by atomic mass is 35.5. The molecule has 0 heterocycles. The van der Waals surface area contributed by atoms with Crippen molar-refractivity contribution in [3.8, 4) is 0 Å². The molecule has 1 unspecified atom stereocenters. The summed E-state index contributed by atoms with van der Waals surface area (Å²) in [4.78, 5) is 0. The van der Waals surface area contributed by atoms with Crippen molar-refractivity contribution in [1.82, 2.24) is 0 Å². The van der Waals surface area contributed by atoms with Crippen molar-refractivity contribution in [3.63, 3.8) is 0 Å². The van der Waals surface area contributed by atoms with Crippen LogP contribution in [0.1, 0.15) is 50.6 Å². The maximum absolute atomic E-state index is 6.11. The molecule has 16 heavy (non-hydrogen) atoms. The van der Waals surface area contributed by atoms with Crippen LogP contribution < -0.4 is 5.73 Å². The van der Waals surface area contributed by atoms with Crippen LogP contribution in [0.2, 0.25) is 10.0 Å². The van der Waals surface area contributed by atoms with Gasteiger partial charge < -0.3 is 5.73 Å². The van der Waals surface area contributed by atoms with E-state index in [1.807, 2.05) is 18.2 Å². The van der Waals surface area contributed by atoms with E-state index in [9.17, 15) is 0 Å². The molecule has 0 spiro atoms. The molecule has 0 aliphatic carbocycles. The van der Waals surface area contributed by atoms with E-state index in [0.29, 0.717) is 10.0 Å². The van der Waals surface area contributed by atoms with E-state index >= 15 is 0 Å². The van der Waals surface area contributed by atoms with Gasteiger partial charge in [-0.15, -0.1) is 0 Å². The fourth-order valence-electron chi connectivity index (χ4n) is 1.80. The van der Waals surface area contributed by atoms with E-state index in [1.54, 1.807) is 0 Å². The lowest BCUT2D eigenvalue weighted by Crippen LogP contribution is -2.11. The van der Waals surface area contributed by atoms with Crippen molar-refractivity contribution in [1.29, 1.82) is 0 Å². The van der Waals surface area contributed by atoms with Gasteiger partial charge in [0.2, 0.25) is 0 Å². The molecule has 1 rings (SSSR count). The number of unbranched alkanes of at least 4 members (excludes halogenated alkanes) is 3. The highest BCUT2D eigenvalue weighted by Gasteiger charge is 2.13. The first-order valence-corrected chi connectivity index (χ1v) is 6.62. The summed E-state index contributed by atoms with van der Waals surface area (Å²) in [6, 6.07) is 5.49. The van der Waals surface area contributed by atoms with Gasteiger partial charge in [0.15, 0.2) is 0 Å². The van der Waals surface area contributed by atoms with Crippen molar-refractivity contribution in [2.75, 3.05) is 0 Å². The number of rotatable bonds is 6. The fraction of sp³-hybridized carbons (Fsp3) is 0.538. The smallest absolute Gasteiger partial charge is 0.0468 e.